The highest BCUT2D eigenvalue weighted by Crippen LogP contribution is 2.30. The van der Waals surface area contributed by atoms with E-state index < -0.39 is 17.8 Å². The number of nitrogens with zero attached hydrogens (tertiary/aromatic N) is 1. The quantitative estimate of drug-likeness (QED) is 0.479. The average Bonchev–Trinajstić information content (AvgIpc) is 2.96. The highest BCUT2D eigenvalue weighted by atomic mass is 19.1. The molecule has 0 amide bonds. The maximum atomic E-state index is 13.8. The number of benzene rings is 2. The molecule has 0 saturated heterocycles. The van der Waals surface area contributed by atoms with Crippen molar-refractivity contribution in [2.45, 2.75) is 6.92 Å². The Morgan fingerprint density at radius 2 is 1.96 bits per heavy atom. The number of aliphatic imine (C=N–C) groups is 1. The molecule has 1 aliphatic heterocycles. The summed E-state index contributed by atoms with van der Waals surface area (Å²) in [5.41, 5.74) is 0.695. The third kappa shape index (κ3) is 3.61. The molecule has 0 bridgehead atoms. The van der Waals surface area contributed by atoms with Gasteiger partial charge >= 0.3 is 11.9 Å². The summed E-state index contributed by atoms with van der Waals surface area (Å²) in [7, 11) is 1.43. The fraction of sp³-hybridized carbons (Fsp3) is 0.105. The van der Waals surface area contributed by atoms with Crippen molar-refractivity contribution >= 4 is 23.9 Å². The molecule has 7 heteroatoms. The van der Waals surface area contributed by atoms with Gasteiger partial charge in [-0.25, -0.2) is 14.2 Å². The van der Waals surface area contributed by atoms with Crippen molar-refractivity contribution < 1.29 is 28.2 Å². The van der Waals surface area contributed by atoms with Gasteiger partial charge in [-0.1, -0.05) is 18.2 Å². The lowest BCUT2D eigenvalue weighted by molar-refractivity contribution is -0.132. The zero-order chi connectivity index (χ0) is 18.7. The molecule has 6 nitrogen and oxygen atoms in total. The average molecular weight is 355 g/mol. The zero-order valence-corrected chi connectivity index (χ0v) is 14.0. The lowest BCUT2D eigenvalue weighted by atomic mass is 10.1. The van der Waals surface area contributed by atoms with E-state index >= 15 is 0 Å². The molecular weight excluding hydrogens is 341 g/mol. The van der Waals surface area contributed by atoms with Gasteiger partial charge in [0.1, 0.15) is 5.82 Å². The van der Waals surface area contributed by atoms with Crippen LogP contribution in [0.5, 0.6) is 11.5 Å². The minimum Gasteiger partial charge on any atom is -0.493 e. The Hall–Kier alpha value is -3.48. The molecule has 2 aromatic rings. The maximum Gasteiger partial charge on any atom is 0.363 e. The van der Waals surface area contributed by atoms with Crippen molar-refractivity contribution in [3.05, 3.63) is 65.1 Å². The van der Waals surface area contributed by atoms with Crippen LogP contribution in [-0.4, -0.2) is 24.9 Å². The van der Waals surface area contributed by atoms with Crippen LogP contribution in [0.15, 0.2) is 53.2 Å². The molecule has 0 radical (unpaired) electrons. The molecule has 0 atom stereocenters. The summed E-state index contributed by atoms with van der Waals surface area (Å²) in [6.45, 7) is 1.28. The first-order valence-corrected chi connectivity index (χ1v) is 7.62. The molecule has 1 aliphatic rings. The van der Waals surface area contributed by atoms with Gasteiger partial charge in [-0.3, -0.25) is 4.79 Å². The van der Waals surface area contributed by atoms with Gasteiger partial charge in [0.05, 0.1) is 12.7 Å². The Bertz CT molecular complexity index is 949. The Morgan fingerprint density at radius 1 is 1.19 bits per heavy atom. The highest BCUT2D eigenvalue weighted by Gasteiger charge is 2.26. The van der Waals surface area contributed by atoms with Crippen molar-refractivity contribution in [3.8, 4) is 11.5 Å². The second-order valence-electron chi connectivity index (χ2n) is 5.32. The highest BCUT2D eigenvalue weighted by molar-refractivity contribution is 6.12. The molecule has 0 spiro atoms. The van der Waals surface area contributed by atoms with Crippen molar-refractivity contribution in [2.24, 2.45) is 4.99 Å². The second kappa shape index (κ2) is 7.18. The van der Waals surface area contributed by atoms with E-state index in [0.717, 1.165) is 0 Å². The number of carbonyl (C=O) groups excluding carboxylic acids is 2. The van der Waals surface area contributed by atoms with Crippen molar-refractivity contribution in [2.75, 3.05) is 7.11 Å². The van der Waals surface area contributed by atoms with E-state index in [1.54, 1.807) is 18.2 Å². The number of rotatable bonds is 4. The van der Waals surface area contributed by atoms with E-state index in [4.69, 9.17) is 14.2 Å². The molecule has 0 saturated carbocycles. The third-order valence-corrected chi connectivity index (χ3v) is 3.47. The van der Waals surface area contributed by atoms with Crippen LogP contribution in [0.3, 0.4) is 0 Å². The summed E-state index contributed by atoms with van der Waals surface area (Å²) in [5, 5.41) is 0. The van der Waals surface area contributed by atoms with Crippen LogP contribution in [-0.2, 0) is 14.3 Å². The largest absolute Gasteiger partial charge is 0.493 e. The smallest absolute Gasteiger partial charge is 0.363 e. The number of hydrogen-bond donors (Lipinski definition) is 0. The SMILES string of the molecule is COc1cc(C=C2N=C(c3ccccc3F)OC2=O)ccc1OC(C)=O. The predicted octanol–water partition coefficient (Wildman–Crippen LogP) is 3.10. The summed E-state index contributed by atoms with van der Waals surface area (Å²) >= 11 is 0. The Morgan fingerprint density at radius 3 is 2.65 bits per heavy atom. The number of hydrogen-bond acceptors (Lipinski definition) is 6. The zero-order valence-electron chi connectivity index (χ0n) is 14.0. The first-order valence-electron chi connectivity index (χ1n) is 7.62. The van der Waals surface area contributed by atoms with Gasteiger partial charge in [0, 0.05) is 6.92 Å². The van der Waals surface area contributed by atoms with E-state index in [0.29, 0.717) is 11.3 Å². The molecule has 26 heavy (non-hydrogen) atoms. The number of methoxy groups -OCH3 is 1. The van der Waals surface area contributed by atoms with Crippen LogP contribution in [0.2, 0.25) is 0 Å². The van der Waals surface area contributed by atoms with E-state index in [-0.39, 0.29) is 22.9 Å². The van der Waals surface area contributed by atoms with E-state index in [1.165, 1.54) is 44.4 Å². The van der Waals surface area contributed by atoms with Crippen molar-refractivity contribution in [1.29, 1.82) is 0 Å². The number of halogens is 1. The molecule has 0 aromatic heterocycles. The molecule has 0 aliphatic carbocycles. The van der Waals surface area contributed by atoms with Gasteiger partial charge in [0.2, 0.25) is 5.90 Å². The Kier molecular flexibility index (Phi) is 4.79. The standard InChI is InChI=1S/C19H14FNO5/c1-11(22)25-16-8-7-12(10-17(16)24-2)9-15-19(23)26-18(21-15)13-5-3-4-6-14(13)20/h3-10H,1-2H3. The monoisotopic (exact) mass is 355 g/mol. The number of carbonyl (C=O) groups is 2. The summed E-state index contributed by atoms with van der Waals surface area (Å²) in [6.07, 6.45) is 1.47. The summed E-state index contributed by atoms with van der Waals surface area (Å²) in [5.74, 6) is -1.22. The molecule has 0 unspecified atom stereocenters. The van der Waals surface area contributed by atoms with Crippen LogP contribution in [0, 0.1) is 5.82 Å². The van der Waals surface area contributed by atoms with Gasteiger partial charge in [0.25, 0.3) is 0 Å². The molecule has 3 rings (SSSR count). The number of cyclic esters (lactones) is 1. The van der Waals surface area contributed by atoms with E-state index in [9.17, 15) is 14.0 Å². The molecule has 2 aromatic carbocycles. The van der Waals surface area contributed by atoms with Crippen LogP contribution >= 0.6 is 0 Å². The van der Waals surface area contributed by atoms with Gasteiger partial charge in [0.15, 0.2) is 17.2 Å². The summed E-state index contributed by atoms with van der Waals surface area (Å²) in [4.78, 5) is 27.2. The maximum absolute atomic E-state index is 13.8. The minimum absolute atomic E-state index is 0.0190. The van der Waals surface area contributed by atoms with Gasteiger partial charge < -0.3 is 14.2 Å². The molecular formula is C19H14FNO5. The van der Waals surface area contributed by atoms with E-state index in [1.807, 2.05) is 0 Å². The lowest BCUT2D eigenvalue weighted by Gasteiger charge is -2.08. The molecule has 0 fully saturated rings. The molecule has 132 valence electrons. The van der Waals surface area contributed by atoms with Gasteiger partial charge in [-0.15, -0.1) is 0 Å². The van der Waals surface area contributed by atoms with Crippen LogP contribution in [0.4, 0.5) is 4.39 Å². The normalized spacial score (nSPS) is 14.8. The second-order valence-corrected chi connectivity index (χ2v) is 5.32. The Labute approximate surface area is 148 Å². The first-order chi connectivity index (χ1) is 12.5. The lowest BCUT2D eigenvalue weighted by Crippen LogP contribution is -2.07. The topological polar surface area (TPSA) is 74.2 Å². The fourth-order valence-electron chi connectivity index (χ4n) is 2.33. The molecule has 1 heterocycles. The fourth-order valence-corrected chi connectivity index (χ4v) is 2.33. The molecule has 0 N–H and O–H groups in total. The van der Waals surface area contributed by atoms with Crippen LogP contribution in [0.25, 0.3) is 6.08 Å². The van der Waals surface area contributed by atoms with E-state index in [2.05, 4.69) is 4.99 Å². The van der Waals surface area contributed by atoms with Crippen molar-refractivity contribution in [1.82, 2.24) is 0 Å². The van der Waals surface area contributed by atoms with Crippen molar-refractivity contribution in [3.63, 3.8) is 0 Å². The minimum atomic E-state index is -0.689. The van der Waals surface area contributed by atoms with Crippen LogP contribution in [0.1, 0.15) is 18.1 Å². The summed E-state index contributed by atoms with van der Waals surface area (Å²) < 4.78 is 29.1. The van der Waals surface area contributed by atoms with Gasteiger partial charge in [-0.2, -0.15) is 0 Å². The number of esters is 2. The third-order valence-electron chi connectivity index (χ3n) is 3.47. The Balaban J connectivity index is 1.93. The first kappa shape index (κ1) is 17.3. The predicted molar refractivity (Wildman–Crippen MR) is 91.3 cm³/mol. The van der Waals surface area contributed by atoms with Crippen LogP contribution < -0.4 is 9.47 Å². The van der Waals surface area contributed by atoms with Gasteiger partial charge in [-0.05, 0) is 35.9 Å². The number of ether oxygens (including phenoxy) is 3. The summed E-state index contributed by atoms with van der Waals surface area (Å²) in [6, 6.07) is 10.6.